The summed E-state index contributed by atoms with van der Waals surface area (Å²) in [6.07, 6.45) is 3.27. The van der Waals surface area contributed by atoms with Crippen molar-refractivity contribution in [2.75, 3.05) is 32.8 Å². The molecule has 2 heterocycles. The van der Waals surface area contributed by atoms with Crippen LogP contribution in [0.3, 0.4) is 0 Å². The van der Waals surface area contributed by atoms with Crippen molar-refractivity contribution in [1.29, 1.82) is 0 Å². The van der Waals surface area contributed by atoms with Crippen LogP contribution in [0.25, 0.3) is 0 Å². The van der Waals surface area contributed by atoms with E-state index in [0.717, 1.165) is 19.3 Å². The fraction of sp³-hybridized carbons (Fsp3) is 0.846. The lowest BCUT2D eigenvalue weighted by Crippen LogP contribution is -2.51. The summed E-state index contributed by atoms with van der Waals surface area (Å²) in [6, 6.07) is -0.0656. The van der Waals surface area contributed by atoms with E-state index in [-0.39, 0.29) is 18.6 Å². The van der Waals surface area contributed by atoms with Gasteiger partial charge in [-0.2, -0.15) is 0 Å². The molecule has 2 aliphatic rings. The maximum Gasteiger partial charge on any atom is 0.320 e. The number of carboxylic acid groups (broad SMARTS) is 1. The standard InChI is InChI=1S/C13H22N2O4/c16-9-10-3-1-5-14(7-10)13(19)15-6-2-4-11(8-15)12(17)18/h10-11,16H,1-9H2,(H,17,18)/t10?,11-/m0/s1. The largest absolute Gasteiger partial charge is 0.481 e. The predicted molar refractivity (Wildman–Crippen MR) is 68.7 cm³/mol. The van der Waals surface area contributed by atoms with Crippen molar-refractivity contribution in [2.24, 2.45) is 11.8 Å². The van der Waals surface area contributed by atoms with E-state index in [1.54, 1.807) is 9.80 Å². The van der Waals surface area contributed by atoms with Gasteiger partial charge in [0.15, 0.2) is 0 Å². The summed E-state index contributed by atoms with van der Waals surface area (Å²) in [7, 11) is 0. The number of carboxylic acids is 1. The fourth-order valence-electron chi connectivity index (χ4n) is 2.94. The van der Waals surface area contributed by atoms with Gasteiger partial charge in [0.1, 0.15) is 0 Å². The molecule has 1 unspecified atom stereocenters. The van der Waals surface area contributed by atoms with Gasteiger partial charge < -0.3 is 20.0 Å². The van der Waals surface area contributed by atoms with Crippen LogP contribution in [0, 0.1) is 11.8 Å². The van der Waals surface area contributed by atoms with E-state index in [2.05, 4.69) is 0 Å². The molecule has 6 heteroatoms. The lowest BCUT2D eigenvalue weighted by molar-refractivity contribution is -0.143. The van der Waals surface area contributed by atoms with E-state index in [9.17, 15) is 14.7 Å². The summed E-state index contributed by atoms with van der Waals surface area (Å²) in [4.78, 5) is 26.8. The molecule has 2 saturated heterocycles. The number of carbonyl (C=O) groups excluding carboxylic acids is 1. The van der Waals surface area contributed by atoms with Crippen LogP contribution in [0.15, 0.2) is 0 Å². The molecule has 2 rings (SSSR count). The normalized spacial score (nSPS) is 28.3. The first-order valence-corrected chi connectivity index (χ1v) is 6.99. The Kier molecular flexibility index (Phi) is 4.63. The zero-order chi connectivity index (χ0) is 13.8. The molecule has 0 aromatic heterocycles. The quantitative estimate of drug-likeness (QED) is 0.770. The molecular weight excluding hydrogens is 248 g/mol. The Balaban J connectivity index is 1.93. The lowest BCUT2D eigenvalue weighted by Gasteiger charge is -2.38. The number of aliphatic hydroxyl groups excluding tert-OH is 1. The molecule has 19 heavy (non-hydrogen) atoms. The molecule has 2 amide bonds. The number of rotatable bonds is 2. The number of likely N-dealkylation sites (tertiary alicyclic amines) is 2. The van der Waals surface area contributed by atoms with Crippen LogP contribution in [-0.2, 0) is 4.79 Å². The van der Waals surface area contributed by atoms with E-state index in [1.807, 2.05) is 0 Å². The predicted octanol–water partition coefficient (Wildman–Crippen LogP) is 0.607. The average Bonchev–Trinajstić information content (AvgIpc) is 2.46. The Bertz CT molecular complexity index is 348. The number of amides is 2. The van der Waals surface area contributed by atoms with Gasteiger partial charge in [0.25, 0.3) is 0 Å². The Morgan fingerprint density at radius 3 is 2.32 bits per heavy atom. The number of hydrogen-bond acceptors (Lipinski definition) is 3. The fourth-order valence-corrected chi connectivity index (χ4v) is 2.94. The number of hydrogen-bond donors (Lipinski definition) is 2. The summed E-state index contributed by atoms with van der Waals surface area (Å²) >= 11 is 0. The summed E-state index contributed by atoms with van der Waals surface area (Å²) in [5.41, 5.74) is 0. The SMILES string of the molecule is O=C(O)[C@H]1CCCN(C(=O)N2CCCC(CO)C2)C1. The highest BCUT2D eigenvalue weighted by Gasteiger charge is 2.32. The average molecular weight is 270 g/mol. The van der Waals surface area contributed by atoms with Crippen LogP contribution < -0.4 is 0 Å². The molecule has 6 nitrogen and oxygen atoms in total. The maximum absolute atomic E-state index is 12.4. The zero-order valence-electron chi connectivity index (χ0n) is 11.1. The van der Waals surface area contributed by atoms with E-state index >= 15 is 0 Å². The summed E-state index contributed by atoms with van der Waals surface area (Å²) < 4.78 is 0. The Labute approximate surface area is 113 Å². The molecular formula is C13H22N2O4. The summed E-state index contributed by atoms with van der Waals surface area (Å²) in [5, 5.41) is 18.2. The number of nitrogens with zero attached hydrogens (tertiary/aromatic N) is 2. The van der Waals surface area contributed by atoms with Crippen molar-refractivity contribution in [3.63, 3.8) is 0 Å². The van der Waals surface area contributed by atoms with Gasteiger partial charge in [0.2, 0.25) is 0 Å². The van der Waals surface area contributed by atoms with E-state index in [0.29, 0.717) is 32.6 Å². The lowest BCUT2D eigenvalue weighted by atomic mass is 9.97. The van der Waals surface area contributed by atoms with Gasteiger partial charge in [0.05, 0.1) is 5.92 Å². The van der Waals surface area contributed by atoms with Crippen LogP contribution in [0.4, 0.5) is 4.79 Å². The molecule has 0 radical (unpaired) electrons. The number of piperidine rings is 2. The van der Waals surface area contributed by atoms with Gasteiger partial charge in [0, 0.05) is 32.8 Å². The van der Waals surface area contributed by atoms with Crippen molar-refractivity contribution >= 4 is 12.0 Å². The third kappa shape index (κ3) is 3.37. The molecule has 0 aromatic rings. The van der Waals surface area contributed by atoms with Crippen LogP contribution in [0.5, 0.6) is 0 Å². The topological polar surface area (TPSA) is 81.1 Å². The van der Waals surface area contributed by atoms with Crippen molar-refractivity contribution in [3.05, 3.63) is 0 Å². The second-order valence-electron chi connectivity index (χ2n) is 5.54. The molecule has 2 fully saturated rings. The first-order chi connectivity index (χ1) is 9.11. The van der Waals surface area contributed by atoms with Crippen molar-refractivity contribution in [2.45, 2.75) is 25.7 Å². The van der Waals surface area contributed by atoms with Crippen molar-refractivity contribution < 1.29 is 19.8 Å². The van der Waals surface area contributed by atoms with Crippen LogP contribution in [-0.4, -0.2) is 64.8 Å². The van der Waals surface area contributed by atoms with Gasteiger partial charge in [-0.25, -0.2) is 4.79 Å². The van der Waals surface area contributed by atoms with Gasteiger partial charge in [-0.1, -0.05) is 0 Å². The number of aliphatic hydroxyl groups is 1. The molecule has 0 saturated carbocycles. The number of aliphatic carboxylic acids is 1. The number of urea groups is 1. The first kappa shape index (κ1) is 14.1. The van der Waals surface area contributed by atoms with Crippen molar-refractivity contribution in [1.82, 2.24) is 9.80 Å². The molecule has 0 aliphatic carbocycles. The Hall–Kier alpha value is -1.30. The Morgan fingerprint density at radius 1 is 1.05 bits per heavy atom. The van der Waals surface area contributed by atoms with Gasteiger partial charge in [-0.3, -0.25) is 4.79 Å². The van der Waals surface area contributed by atoms with E-state index < -0.39 is 11.9 Å². The molecule has 0 bridgehead atoms. The monoisotopic (exact) mass is 270 g/mol. The van der Waals surface area contributed by atoms with Crippen LogP contribution in [0.1, 0.15) is 25.7 Å². The van der Waals surface area contributed by atoms with Crippen LogP contribution >= 0.6 is 0 Å². The molecule has 2 N–H and O–H groups in total. The second-order valence-corrected chi connectivity index (χ2v) is 5.54. The Morgan fingerprint density at radius 2 is 1.68 bits per heavy atom. The zero-order valence-corrected chi connectivity index (χ0v) is 11.1. The summed E-state index contributed by atoms with van der Waals surface area (Å²) in [5.74, 6) is -1.08. The molecule has 0 aromatic carbocycles. The van der Waals surface area contributed by atoms with E-state index in [4.69, 9.17) is 5.11 Å². The first-order valence-electron chi connectivity index (χ1n) is 6.99. The third-order valence-corrected chi connectivity index (χ3v) is 4.09. The van der Waals surface area contributed by atoms with Gasteiger partial charge in [-0.15, -0.1) is 0 Å². The van der Waals surface area contributed by atoms with Gasteiger partial charge in [-0.05, 0) is 31.6 Å². The minimum Gasteiger partial charge on any atom is -0.481 e. The minimum atomic E-state index is -0.815. The number of carbonyl (C=O) groups is 2. The highest BCUT2D eigenvalue weighted by Crippen LogP contribution is 2.21. The molecule has 2 aliphatic heterocycles. The minimum absolute atomic E-state index is 0.0656. The van der Waals surface area contributed by atoms with E-state index in [1.165, 1.54) is 0 Å². The third-order valence-electron chi connectivity index (χ3n) is 4.09. The molecule has 108 valence electrons. The summed E-state index contributed by atoms with van der Waals surface area (Å²) in [6.45, 7) is 2.37. The molecule has 2 atom stereocenters. The highest BCUT2D eigenvalue weighted by molar-refractivity contribution is 5.76. The highest BCUT2D eigenvalue weighted by atomic mass is 16.4. The smallest absolute Gasteiger partial charge is 0.320 e. The van der Waals surface area contributed by atoms with Crippen molar-refractivity contribution in [3.8, 4) is 0 Å². The van der Waals surface area contributed by atoms with Gasteiger partial charge >= 0.3 is 12.0 Å². The second kappa shape index (κ2) is 6.23. The molecule has 0 spiro atoms. The maximum atomic E-state index is 12.4. The van der Waals surface area contributed by atoms with Crippen LogP contribution in [0.2, 0.25) is 0 Å².